The summed E-state index contributed by atoms with van der Waals surface area (Å²) in [6.45, 7) is 7.12. The van der Waals surface area contributed by atoms with E-state index >= 15 is 0 Å². The van der Waals surface area contributed by atoms with Crippen LogP contribution in [0.3, 0.4) is 0 Å². The van der Waals surface area contributed by atoms with Crippen molar-refractivity contribution < 1.29 is 9.53 Å². The van der Waals surface area contributed by atoms with Crippen molar-refractivity contribution in [1.82, 2.24) is 5.32 Å². The molecule has 0 aromatic carbocycles. The van der Waals surface area contributed by atoms with E-state index in [0.717, 1.165) is 12.8 Å². The molecule has 4 heteroatoms. The molecule has 0 aromatic heterocycles. The maximum Gasteiger partial charge on any atom is 0.239 e. The highest BCUT2D eigenvalue weighted by atomic mass is 16.5. The normalized spacial score (nSPS) is 15.3. The first kappa shape index (κ1) is 14.4. The Bertz CT molecular complexity index is 195. The standard InChI is InChI=1S/C11H24N2O2/c1-9(2)6-5-7-15-8-11(3,13-4)10(12)14/h9,13H,5-8H2,1-4H3,(H2,12,14). The summed E-state index contributed by atoms with van der Waals surface area (Å²) in [6.07, 6.45) is 2.17. The maximum absolute atomic E-state index is 11.1. The zero-order chi connectivity index (χ0) is 11.9. The Morgan fingerprint density at radius 3 is 2.53 bits per heavy atom. The Morgan fingerprint density at radius 1 is 1.53 bits per heavy atom. The molecule has 4 nitrogen and oxygen atoms in total. The summed E-state index contributed by atoms with van der Waals surface area (Å²) < 4.78 is 5.44. The molecule has 0 aliphatic heterocycles. The molecular formula is C11H24N2O2. The van der Waals surface area contributed by atoms with E-state index < -0.39 is 5.54 Å². The van der Waals surface area contributed by atoms with E-state index in [1.807, 2.05) is 0 Å². The highest BCUT2D eigenvalue weighted by Crippen LogP contribution is 2.06. The van der Waals surface area contributed by atoms with Crippen LogP contribution in [-0.2, 0) is 9.53 Å². The van der Waals surface area contributed by atoms with Gasteiger partial charge in [0.25, 0.3) is 0 Å². The van der Waals surface area contributed by atoms with Gasteiger partial charge in [-0.15, -0.1) is 0 Å². The molecule has 1 atom stereocenters. The number of nitrogens with one attached hydrogen (secondary N) is 1. The third kappa shape index (κ3) is 5.74. The van der Waals surface area contributed by atoms with E-state index in [1.165, 1.54) is 0 Å². The predicted molar refractivity (Wildman–Crippen MR) is 61.6 cm³/mol. The highest BCUT2D eigenvalue weighted by Gasteiger charge is 2.28. The van der Waals surface area contributed by atoms with Crippen molar-refractivity contribution in [3.8, 4) is 0 Å². The molecule has 0 spiro atoms. The number of carbonyl (C=O) groups excluding carboxylic acids is 1. The van der Waals surface area contributed by atoms with Gasteiger partial charge in [-0.3, -0.25) is 4.79 Å². The molecule has 90 valence electrons. The second-order valence-corrected chi connectivity index (χ2v) is 4.54. The lowest BCUT2D eigenvalue weighted by molar-refractivity contribution is -0.126. The summed E-state index contributed by atoms with van der Waals surface area (Å²) >= 11 is 0. The molecule has 0 heterocycles. The van der Waals surface area contributed by atoms with Gasteiger partial charge in [0.2, 0.25) is 5.91 Å². The molecule has 3 N–H and O–H groups in total. The number of likely N-dealkylation sites (N-methyl/N-ethyl adjacent to an activating group) is 1. The van der Waals surface area contributed by atoms with Gasteiger partial charge in [0.1, 0.15) is 5.54 Å². The third-order valence-corrected chi connectivity index (χ3v) is 2.56. The number of carbonyl (C=O) groups is 1. The average Bonchev–Trinajstić information content (AvgIpc) is 2.16. The first-order valence-corrected chi connectivity index (χ1v) is 5.49. The van der Waals surface area contributed by atoms with E-state index in [-0.39, 0.29) is 5.91 Å². The van der Waals surface area contributed by atoms with Crippen molar-refractivity contribution in [2.75, 3.05) is 20.3 Å². The average molecular weight is 216 g/mol. The minimum absolute atomic E-state index is 0.330. The lowest BCUT2D eigenvalue weighted by Crippen LogP contribution is -2.54. The van der Waals surface area contributed by atoms with E-state index in [1.54, 1.807) is 14.0 Å². The van der Waals surface area contributed by atoms with Crippen LogP contribution in [0, 0.1) is 5.92 Å². The number of rotatable bonds is 8. The van der Waals surface area contributed by atoms with Gasteiger partial charge >= 0.3 is 0 Å². The smallest absolute Gasteiger partial charge is 0.239 e. The number of primary amides is 1. The fourth-order valence-electron chi connectivity index (χ4n) is 1.14. The lowest BCUT2D eigenvalue weighted by Gasteiger charge is -2.25. The van der Waals surface area contributed by atoms with Crippen LogP contribution in [0.2, 0.25) is 0 Å². The summed E-state index contributed by atoms with van der Waals surface area (Å²) in [5.74, 6) is 0.314. The van der Waals surface area contributed by atoms with Crippen LogP contribution in [0.15, 0.2) is 0 Å². The van der Waals surface area contributed by atoms with E-state index in [0.29, 0.717) is 19.1 Å². The third-order valence-electron chi connectivity index (χ3n) is 2.56. The maximum atomic E-state index is 11.1. The molecule has 0 radical (unpaired) electrons. The quantitative estimate of drug-likeness (QED) is 0.593. The van der Waals surface area contributed by atoms with Crippen LogP contribution in [-0.4, -0.2) is 31.7 Å². The van der Waals surface area contributed by atoms with Crippen molar-refractivity contribution in [2.24, 2.45) is 11.7 Å². The molecule has 15 heavy (non-hydrogen) atoms. The second-order valence-electron chi connectivity index (χ2n) is 4.54. The highest BCUT2D eigenvalue weighted by molar-refractivity contribution is 5.84. The van der Waals surface area contributed by atoms with Crippen LogP contribution in [0.5, 0.6) is 0 Å². The Kier molecular flexibility index (Phi) is 6.52. The lowest BCUT2D eigenvalue weighted by atomic mass is 10.0. The fraction of sp³-hybridized carbons (Fsp3) is 0.909. The number of hydrogen-bond acceptors (Lipinski definition) is 3. The van der Waals surface area contributed by atoms with Gasteiger partial charge < -0.3 is 15.8 Å². The Morgan fingerprint density at radius 2 is 2.13 bits per heavy atom. The Labute approximate surface area is 92.6 Å². The molecular weight excluding hydrogens is 192 g/mol. The molecule has 0 aliphatic carbocycles. The first-order valence-electron chi connectivity index (χ1n) is 5.49. The zero-order valence-electron chi connectivity index (χ0n) is 10.3. The molecule has 1 unspecified atom stereocenters. The Hall–Kier alpha value is -0.610. The van der Waals surface area contributed by atoms with Gasteiger partial charge in [-0.2, -0.15) is 0 Å². The summed E-state index contributed by atoms with van der Waals surface area (Å²) in [5.41, 5.74) is 4.51. The topological polar surface area (TPSA) is 64.3 Å². The van der Waals surface area contributed by atoms with Crippen molar-refractivity contribution in [2.45, 2.75) is 39.2 Å². The van der Waals surface area contributed by atoms with Gasteiger partial charge in [-0.1, -0.05) is 13.8 Å². The molecule has 0 aliphatic rings. The summed E-state index contributed by atoms with van der Waals surface area (Å²) in [5, 5.41) is 2.88. The van der Waals surface area contributed by atoms with E-state index in [2.05, 4.69) is 19.2 Å². The largest absolute Gasteiger partial charge is 0.379 e. The van der Waals surface area contributed by atoms with Crippen LogP contribution < -0.4 is 11.1 Å². The minimum Gasteiger partial charge on any atom is -0.379 e. The Balaban J connectivity index is 3.69. The second kappa shape index (κ2) is 6.80. The molecule has 0 saturated heterocycles. The molecule has 0 aromatic rings. The number of amides is 1. The van der Waals surface area contributed by atoms with Gasteiger partial charge in [-0.25, -0.2) is 0 Å². The van der Waals surface area contributed by atoms with Crippen LogP contribution >= 0.6 is 0 Å². The molecule has 0 rings (SSSR count). The van der Waals surface area contributed by atoms with Crippen molar-refractivity contribution in [3.63, 3.8) is 0 Å². The zero-order valence-corrected chi connectivity index (χ0v) is 10.3. The van der Waals surface area contributed by atoms with Gasteiger partial charge in [-0.05, 0) is 32.7 Å². The summed E-state index contributed by atoms with van der Waals surface area (Å²) in [7, 11) is 1.71. The van der Waals surface area contributed by atoms with Crippen LogP contribution in [0.4, 0.5) is 0 Å². The van der Waals surface area contributed by atoms with Crippen molar-refractivity contribution in [3.05, 3.63) is 0 Å². The minimum atomic E-state index is -0.752. The SMILES string of the molecule is CNC(C)(COCCCC(C)C)C(N)=O. The van der Waals surface area contributed by atoms with Crippen LogP contribution in [0.1, 0.15) is 33.6 Å². The summed E-state index contributed by atoms with van der Waals surface area (Å²) in [4.78, 5) is 11.1. The molecule has 0 saturated carbocycles. The molecule has 0 fully saturated rings. The summed E-state index contributed by atoms with van der Waals surface area (Å²) in [6, 6.07) is 0. The molecule has 0 bridgehead atoms. The van der Waals surface area contributed by atoms with Crippen LogP contribution in [0.25, 0.3) is 0 Å². The van der Waals surface area contributed by atoms with Crippen molar-refractivity contribution in [1.29, 1.82) is 0 Å². The van der Waals surface area contributed by atoms with Crippen molar-refractivity contribution >= 4 is 5.91 Å². The monoisotopic (exact) mass is 216 g/mol. The first-order chi connectivity index (χ1) is 6.92. The van der Waals surface area contributed by atoms with E-state index in [4.69, 9.17) is 10.5 Å². The van der Waals surface area contributed by atoms with Gasteiger partial charge in [0.15, 0.2) is 0 Å². The number of hydrogen-bond donors (Lipinski definition) is 2. The van der Waals surface area contributed by atoms with E-state index in [9.17, 15) is 4.79 Å². The fourth-order valence-corrected chi connectivity index (χ4v) is 1.14. The van der Waals surface area contributed by atoms with Gasteiger partial charge in [0.05, 0.1) is 6.61 Å². The molecule has 1 amide bonds. The number of nitrogens with two attached hydrogens (primary N) is 1. The van der Waals surface area contributed by atoms with Gasteiger partial charge in [0, 0.05) is 6.61 Å². The number of ether oxygens (including phenoxy) is 1. The predicted octanol–water partition coefficient (Wildman–Crippen LogP) is 0.903.